The summed E-state index contributed by atoms with van der Waals surface area (Å²) < 4.78 is 11.7. The van der Waals surface area contributed by atoms with Crippen LogP contribution in [0.25, 0.3) is 10.9 Å². The number of hydrogen-bond acceptors (Lipinski definition) is 7. The van der Waals surface area contributed by atoms with Gasteiger partial charge in [-0.05, 0) is 85.5 Å². The molecule has 9 nitrogen and oxygen atoms in total. The minimum absolute atomic E-state index is 0.0689. The number of ether oxygens (including phenoxy) is 2. The molecular weight excluding hydrogens is 544 g/mol. The first-order valence-corrected chi connectivity index (χ1v) is 15.5. The maximum atomic E-state index is 13.0. The number of fused-ring (bicyclic) bond motifs is 2. The van der Waals surface area contributed by atoms with Crippen LogP contribution in [0.1, 0.15) is 71.6 Å². The van der Waals surface area contributed by atoms with Crippen LogP contribution in [0.3, 0.4) is 0 Å². The first-order chi connectivity index (χ1) is 20.9. The zero-order chi connectivity index (χ0) is 29.5. The number of nitrogens with one attached hydrogen (secondary N) is 1. The second-order valence-electron chi connectivity index (χ2n) is 12.6. The van der Waals surface area contributed by atoms with Gasteiger partial charge in [0.25, 0.3) is 5.91 Å². The number of benzene rings is 2. The molecule has 3 amide bonds. The van der Waals surface area contributed by atoms with Gasteiger partial charge < -0.3 is 14.4 Å². The van der Waals surface area contributed by atoms with E-state index in [1.54, 1.807) is 18.1 Å². The second-order valence-corrected chi connectivity index (χ2v) is 12.6. The maximum Gasteiger partial charge on any atom is 0.255 e. The Hall–Kier alpha value is -3.82. The van der Waals surface area contributed by atoms with Crippen molar-refractivity contribution in [3.63, 3.8) is 0 Å². The average molecular weight is 583 g/mol. The summed E-state index contributed by atoms with van der Waals surface area (Å²) in [6, 6.07) is 16.0. The second kappa shape index (κ2) is 11.7. The number of pyridine rings is 1. The number of aromatic nitrogens is 1. The molecule has 1 aromatic heterocycles. The Kier molecular flexibility index (Phi) is 7.61. The van der Waals surface area contributed by atoms with Crippen LogP contribution in [-0.4, -0.2) is 71.5 Å². The Morgan fingerprint density at radius 2 is 1.91 bits per heavy atom. The van der Waals surface area contributed by atoms with Gasteiger partial charge in [-0.15, -0.1) is 0 Å². The van der Waals surface area contributed by atoms with E-state index >= 15 is 0 Å². The largest absolute Gasteiger partial charge is 0.489 e. The van der Waals surface area contributed by atoms with Gasteiger partial charge in [0, 0.05) is 68.9 Å². The van der Waals surface area contributed by atoms with Crippen LogP contribution >= 0.6 is 0 Å². The molecule has 4 heterocycles. The smallest absolute Gasteiger partial charge is 0.255 e. The Bertz CT molecular complexity index is 1570. The number of imide groups is 1. The molecule has 0 radical (unpaired) electrons. The third kappa shape index (κ3) is 5.76. The molecule has 0 spiro atoms. The summed E-state index contributed by atoms with van der Waals surface area (Å²) in [4.78, 5) is 45.9. The van der Waals surface area contributed by atoms with Crippen molar-refractivity contribution < 1.29 is 23.9 Å². The number of nitrogens with zero attached hydrogens (tertiary/aromatic N) is 3. The first kappa shape index (κ1) is 28.0. The molecule has 1 aliphatic carbocycles. The predicted molar refractivity (Wildman–Crippen MR) is 160 cm³/mol. The number of rotatable bonds is 8. The molecule has 3 aliphatic heterocycles. The summed E-state index contributed by atoms with van der Waals surface area (Å²) in [5.74, 6) is 1.07. The highest BCUT2D eigenvalue weighted by atomic mass is 16.5. The molecule has 3 aromatic rings. The zero-order valence-electron chi connectivity index (χ0n) is 24.6. The maximum absolute atomic E-state index is 13.0. The number of likely N-dealkylation sites (tertiary alicyclic amines) is 1. The lowest BCUT2D eigenvalue weighted by atomic mass is 10.00. The van der Waals surface area contributed by atoms with E-state index in [1.165, 1.54) is 29.5 Å². The van der Waals surface area contributed by atoms with Gasteiger partial charge >= 0.3 is 0 Å². The molecular formula is C34H38N4O5. The highest BCUT2D eigenvalue weighted by molar-refractivity contribution is 6.05. The molecule has 4 aliphatic rings. The lowest BCUT2D eigenvalue weighted by Gasteiger charge is -2.29. The van der Waals surface area contributed by atoms with E-state index in [2.05, 4.69) is 40.5 Å². The van der Waals surface area contributed by atoms with Crippen LogP contribution in [-0.2, 0) is 27.4 Å². The molecule has 7 rings (SSSR count). The Morgan fingerprint density at radius 1 is 1.00 bits per heavy atom. The Balaban J connectivity index is 0.946. The molecule has 43 heavy (non-hydrogen) atoms. The van der Waals surface area contributed by atoms with Crippen molar-refractivity contribution in [2.75, 3.05) is 26.8 Å². The summed E-state index contributed by atoms with van der Waals surface area (Å²) in [5.41, 5.74) is 5.00. The number of piperidine rings is 1. The fourth-order valence-electron chi connectivity index (χ4n) is 7.36. The van der Waals surface area contributed by atoms with Gasteiger partial charge in [-0.3, -0.25) is 29.6 Å². The Morgan fingerprint density at radius 3 is 2.77 bits per heavy atom. The third-order valence-electron chi connectivity index (χ3n) is 9.57. The number of carbonyl (C=O) groups is 3. The fourth-order valence-corrected chi connectivity index (χ4v) is 7.36. The van der Waals surface area contributed by atoms with Gasteiger partial charge in [0.1, 0.15) is 17.9 Å². The minimum atomic E-state index is -0.612. The van der Waals surface area contributed by atoms with Crippen molar-refractivity contribution in [2.24, 2.45) is 5.92 Å². The van der Waals surface area contributed by atoms with Gasteiger partial charge in [-0.25, -0.2) is 0 Å². The summed E-state index contributed by atoms with van der Waals surface area (Å²) in [6.45, 7) is 3.84. The van der Waals surface area contributed by atoms with Gasteiger partial charge in [0.05, 0.1) is 5.52 Å². The highest BCUT2D eigenvalue weighted by Crippen LogP contribution is 2.38. The van der Waals surface area contributed by atoms with Crippen molar-refractivity contribution in [3.8, 4) is 5.75 Å². The summed E-state index contributed by atoms with van der Waals surface area (Å²) in [6.07, 6.45) is 5.17. The number of hydrogen-bond donors (Lipinski definition) is 1. The number of amides is 3. The van der Waals surface area contributed by atoms with Gasteiger partial charge in [0.15, 0.2) is 0 Å². The number of carbonyl (C=O) groups excluding carboxylic acids is 3. The van der Waals surface area contributed by atoms with E-state index in [9.17, 15) is 14.4 Å². The van der Waals surface area contributed by atoms with Crippen molar-refractivity contribution in [2.45, 2.75) is 69.7 Å². The molecule has 2 aromatic carbocycles. The number of methoxy groups -OCH3 is 1. The molecule has 1 N–H and O–H groups in total. The molecule has 0 bridgehead atoms. The molecule has 4 atom stereocenters. The first-order valence-electron chi connectivity index (χ1n) is 15.5. The van der Waals surface area contributed by atoms with Crippen molar-refractivity contribution in [1.82, 2.24) is 20.1 Å². The molecule has 2 saturated heterocycles. The van der Waals surface area contributed by atoms with Crippen LogP contribution in [0, 0.1) is 5.92 Å². The van der Waals surface area contributed by atoms with Crippen molar-refractivity contribution in [1.29, 1.82) is 0 Å². The molecule has 2 unspecified atom stereocenters. The van der Waals surface area contributed by atoms with E-state index in [0.717, 1.165) is 55.9 Å². The van der Waals surface area contributed by atoms with Crippen molar-refractivity contribution >= 4 is 28.6 Å². The van der Waals surface area contributed by atoms with E-state index in [4.69, 9.17) is 14.5 Å². The van der Waals surface area contributed by atoms with E-state index in [-0.39, 0.29) is 24.3 Å². The Labute approximate surface area is 251 Å². The van der Waals surface area contributed by atoms with Gasteiger partial charge in [-0.1, -0.05) is 12.1 Å². The van der Waals surface area contributed by atoms with Crippen LogP contribution < -0.4 is 10.1 Å². The minimum Gasteiger partial charge on any atom is -0.489 e. The normalized spacial score (nSPS) is 25.9. The predicted octanol–water partition coefficient (Wildman–Crippen LogP) is 4.18. The standard InChI is InChI=1S/C34H38N4O5/c1-42-20-22-2-4-23(15-22)30-9-5-24-14-21(3-8-29(24)35-30)17-37-13-12-27(19-37)43-26-6-7-28-25(16-26)18-38(34(28)41)31-10-11-32(39)36-33(31)40/h3,5-9,14,16,22-23,27,31H,2,4,10-13,15,17-20H2,1H3,(H,36,39,40)/t22-,23-,27?,31?/m0/s1. The van der Waals surface area contributed by atoms with Gasteiger partial charge in [0.2, 0.25) is 11.8 Å². The average Bonchev–Trinajstić information content (AvgIpc) is 3.73. The summed E-state index contributed by atoms with van der Waals surface area (Å²) in [7, 11) is 1.79. The van der Waals surface area contributed by atoms with Crippen LogP contribution in [0.5, 0.6) is 5.75 Å². The zero-order valence-corrected chi connectivity index (χ0v) is 24.6. The van der Waals surface area contributed by atoms with Crippen LogP contribution in [0.2, 0.25) is 0 Å². The van der Waals surface area contributed by atoms with E-state index in [0.29, 0.717) is 30.4 Å². The molecule has 3 fully saturated rings. The molecule has 1 saturated carbocycles. The summed E-state index contributed by atoms with van der Waals surface area (Å²) >= 11 is 0. The highest BCUT2D eigenvalue weighted by Gasteiger charge is 2.39. The van der Waals surface area contributed by atoms with E-state index < -0.39 is 11.9 Å². The summed E-state index contributed by atoms with van der Waals surface area (Å²) in [5, 5.41) is 3.53. The van der Waals surface area contributed by atoms with Crippen LogP contribution in [0.15, 0.2) is 48.5 Å². The SMILES string of the molecule is COC[C@H]1CC[C@H](c2ccc3cc(CN4CCC(Oc5ccc6c(c5)CN(C5CCC(=O)NC5=O)C6=O)C4)ccc3n2)C1. The van der Waals surface area contributed by atoms with E-state index in [1.807, 2.05) is 12.1 Å². The molecule has 224 valence electrons. The van der Waals surface area contributed by atoms with Crippen molar-refractivity contribution in [3.05, 3.63) is 70.9 Å². The van der Waals surface area contributed by atoms with Crippen LogP contribution in [0.4, 0.5) is 0 Å². The monoisotopic (exact) mass is 582 g/mol. The third-order valence-corrected chi connectivity index (χ3v) is 9.57. The molecule has 9 heteroatoms. The lowest BCUT2D eigenvalue weighted by molar-refractivity contribution is -0.136. The topological polar surface area (TPSA) is 101 Å². The lowest BCUT2D eigenvalue weighted by Crippen LogP contribution is -2.52. The fraction of sp³-hybridized carbons (Fsp3) is 0.471. The van der Waals surface area contributed by atoms with Gasteiger partial charge in [-0.2, -0.15) is 0 Å². The quantitative estimate of drug-likeness (QED) is 0.398.